The van der Waals surface area contributed by atoms with Crippen molar-refractivity contribution in [1.82, 2.24) is 16.0 Å². The summed E-state index contributed by atoms with van der Waals surface area (Å²) < 4.78 is 0. The summed E-state index contributed by atoms with van der Waals surface area (Å²) in [6.07, 6.45) is 1.32. The van der Waals surface area contributed by atoms with Crippen LogP contribution in [-0.4, -0.2) is 58.6 Å². The molecule has 0 radical (unpaired) electrons. The molecule has 1 aliphatic heterocycles. The fraction of sp³-hybridized carbons (Fsp3) is 0.750. The average molecular weight is 357 g/mol. The molecule has 1 aliphatic rings. The van der Waals surface area contributed by atoms with Crippen molar-refractivity contribution in [2.24, 2.45) is 5.92 Å². The minimum atomic E-state index is -1.16. The van der Waals surface area contributed by atoms with Gasteiger partial charge in [0.05, 0.1) is 6.04 Å². The van der Waals surface area contributed by atoms with E-state index in [2.05, 4.69) is 16.0 Å². The Morgan fingerprint density at radius 3 is 2.28 bits per heavy atom. The first-order valence-corrected chi connectivity index (χ1v) is 8.49. The molecule has 3 unspecified atom stereocenters. The van der Waals surface area contributed by atoms with Gasteiger partial charge < -0.3 is 26.2 Å². The van der Waals surface area contributed by atoms with E-state index in [9.17, 15) is 24.3 Å². The highest BCUT2D eigenvalue weighted by atomic mass is 16.4. The molecule has 0 bridgehead atoms. The van der Waals surface area contributed by atoms with E-state index in [1.807, 2.05) is 13.8 Å². The summed E-state index contributed by atoms with van der Waals surface area (Å²) in [5.41, 5.74) is 0. The lowest BCUT2D eigenvalue weighted by Gasteiger charge is -2.23. The molecule has 0 aliphatic carbocycles. The van der Waals surface area contributed by atoms with E-state index in [1.54, 1.807) is 0 Å². The van der Waals surface area contributed by atoms with Crippen LogP contribution in [0.5, 0.6) is 0 Å². The van der Waals surface area contributed by atoms with Gasteiger partial charge in [-0.2, -0.15) is 0 Å². The van der Waals surface area contributed by atoms with Gasteiger partial charge in [0.15, 0.2) is 0 Å². The number of hydrogen-bond acceptors (Lipinski definition) is 5. The zero-order chi connectivity index (χ0) is 19.0. The molecule has 25 heavy (non-hydrogen) atoms. The van der Waals surface area contributed by atoms with Crippen molar-refractivity contribution in [2.45, 2.75) is 64.1 Å². The predicted molar refractivity (Wildman–Crippen MR) is 88.8 cm³/mol. The standard InChI is InChI=1S/C16H27N3O6/c1-9(2)8-12(16(24)25)19-15(23)11(5-6-13(20)21)18-14(22)10-4-3-7-17-10/h9-12,17H,3-8H2,1-2H3,(H,18,22)(H,19,23)(H,20,21)(H,24,25). The first-order chi connectivity index (χ1) is 11.7. The van der Waals surface area contributed by atoms with E-state index in [0.717, 1.165) is 6.42 Å². The highest BCUT2D eigenvalue weighted by Crippen LogP contribution is 2.09. The molecule has 3 atom stereocenters. The maximum absolute atomic E-state index is 12.4. The summed E-state index contributed by atoms with van der Waals surface area (Å²) in [4.78, 5) is 46.7. The Kier molecular flexibility index (Phi) is 8.33. The van der Waals surface area contributed by atoms with Crippen LogP contribution in [0.1, 0.15) is 46.0 Å². The Balaban J connectivity index is 2.74. The Morgan fingerprint density at radius 2 is 1.80 bits per heavy atom. The second kappa shape index (κ2) is 9.97. The molecule has 0 aromatic carbocycles. The van der Waals surface area contributed by atoms with Crippen molar-refractivity contribution in [3.8, 4) is 0 Å². The van der Waals surface area contributed by atoms with Gasteiger partial charge in [-0.25, -0.2) is 4.79 Å². The van der Waals surface area contributed by atoms with Crippen molar-refractivity contribution in [3.63, 3.8) is 0 Å². The Labute approximate surface area is 146 Å². The van der Waals surface area contributed by atoms with Gasteiger partial charge in [-0.3, -0.25) is 14.4 Å². The third kappa shape index (κ3) is 7.51. The lowest BCUT2D eigenvalue weighted by Crippen LogP contribution is -2.54. The average Bonchev–Trinajstić information content (AvgIpc) is 3.04. The molecule has 142 valence electrons. The molecule has 9 heteroatoms. The third-order valence-corrected chi connectivity index (χ3v) is 3.98. The molecule has 0 aromatic heterocycles. The highest BCUT2D eigenvalue weighted by molar-refractivity contribution is 5.92. The van der Waals surface area contributed by atoms with Gasteiger partial charge >= 0.3 is 11.9 Å². The van der Waals surface area contributed by atoms with Crippen LogP contribution in [0.2, 0.25) is 0 Å². The van der Waals surface area contributed by atoms with Gasteiger partial charge in [0.1, 0.15) is 12.1 Å². The number of carboxylic acids is 2. The van der Waals surface area contributed by atoms with Crippen LogP contribution in [0.15, 0.2) is 0 Å². The van der Waals surface area contributed by atoms with Gasteiger partial charge in [-0.05, 0) is 38.1 Å². The maximum Gasteiger partial charge on any atom is 0.326 e. The van der Waals surface area contributed by atoms with E-state index < -0.39 is 36.0 Å². The lowest BCUT2D eigenvalue weighted by atomic mass is 10.0. The molecule has 5 N–H and O–H groups in total. The lowest BCUT2D eigenvalue weighted by molar-refractivity contribution is -0.143. The number of hydrogen-bond donors (Lipinski definition) is 5. The van der Waals surface area contributed by atoms with Crippen LogP contribution in [0.25, 0.3) is 0 Å². The quantitative estimate of drug-likeness (QED) is 0.361. The molecule has 1 rings (SSSR count). The minimum Gasteiger partial charge on any atom is -0.481 e. The molecular formula is C16H27N3O6. The van der Waals surface area contributed by atoms with Crippen LogP contribution in [0.4, 0.5) is 0 Å². The Morgan fingerprint density at radius 1 is 1.12 bits per heavy atom. The van der Waals surface area contributed by atoms with Crippen LogP contribution in [0.3, 0.4) is 0 Å². The molecule has 9 nitrogen and oxygen atoms in total. The zero-order valence-corrected chi connectivity index (χ0v) is 14.6. The predicted octanol–water partition coefficient (Wildman–Crippen LogP) is -0.296. The van der Waals surface area contributed by atoms with Crippen molar-refractivity contribution in [1.29, 1.82) is 0 Å². The van der Waals surface area contributed by atoms with Gasteiger partial charge in [0, 0.05) is 6.42 Å². The zero-order valence-electron chi connectivity index (χ0n) is 14.6. The van der Waals surface area contributed by atoms with Crippen LogP contribution < -0.4 is 16.0 Å². The molecule has 2 amide bonds. The molecule has 0 aromatic rings. The highest BCUT2D eigenvalue weighted by Gasteiger charge is 2.30. The van der Waals surface area contributed by atoms with E-state index in [1.165, 1.54) is 0 Å². The maximum atomic E-state index is 12.4. The largest absolute Gasteiger partial charge is 0.481 e. The second-order valence-electron chi connectivity index (χ2n) is 6.67. The number of nitrogens with one attached hydrogen (secondary N) is 3. The number of carboxylic acid groups (broad SMARTS) is 2. The van der Waals surface area contributed by atoms with Gasteiger partial charge in [0.25, 0.3) is 0 Å². The van der Waals surface area contributed by atoms with E-state index in [-0.39, 0.29) is 31.1 Å². The molecule has 0 saturated carbocycles. The molecular weight excluding hydrogens is 330 g/mol. The number of aliphatic carboxylic acids is 2. The smallest absolute Gasteiger partial charge is 0.326 e. The fourth-order valence-electron chi connectivity index (χ4n) is 2.68. The number of amides is 2. The number of carbonyl (C=O) groups is 4. The summed E-state index contributed by atoms with van der Waals surface area (Å²) >= 11 is 0. The molecule has 1 heterocycles. The van der Waals surface area contributed by atoms with E-state index in [0.29, 0.717) is 13.0 Å². The van der Waals surface area contributed by atoms with Gasteiger partial charge in [-0.15, -0.1) is 0 Å². The number of carbonyl (C=O) groups excluding carboxylic acids is 2. The summed E-state index contributed by atoms with van der Waals surface area (Å²) in [5, 5.41) is 26.0. The topological polar surface area (TPSA) is 145 Å². The fourth-order valence-corrected chi connectivity index (χ4v) is 2.68. The van der Waals surface area contributed by atoms with Gasteiger partial charge in [-0.1, -0.05) is 13.8 Å². The first-order valence-electron chi connectivity index (χ1n) is 8.49. The third-order valence-electron chi connectivity index (χ3n) is 3.98. The second-order valence-corrected chi connectivity index (χ2v) is 6.67. The van der Waals surface area contributed by atoms with Crippen molar-refractivity contribution >= 4 is 23.8 Å². The normalized spacial score (nSPS) is 19.2. The molecule has 1 fully saturated rings. The monoisotopic (exact) mass is 357 g/mol. The number of rotatable bonds is 10. The summed E-state index contributed by atoms with van der Waals surface area (Å²) in [7, 11) is 0. The summed E-state index contributed by atoms with van der Waals surface area (Å²) in [5.74, 6) is -3.26. The first kappa shape index (κ1) is 20.9. The van der Waals surface area contributed by atoms with E-state index >= 15 is 0 Å². The minimum absolute atomic E-state index is 0.0520. The van der Waals surface area contributed by atoms with Crippen LogP contribution in [0, 0.1) is 5.92 Å². The summed E-state index contributed by atoms with van der Waals surface area (Å²) in [6, 6.07) is -2.58. The van der Waals surface area contributed by atoms with Gasteiger partial charge in [0.2, 0.25) is 11.8 Å². The molecule has 1 saturated heterocycles. The van der Waals surface area contributed by atoms with Crippen molar-refractivity contribution in [3.05, 3.63) is 0 Å². The Hall–Kier alpha value is -2.16. The summed E-state index contributed by atoms with van der Waals surface area (Å²) in [6.45, 7) is 4.37. The van der Waals surface area contributed by atoms with Crippen LogP contribution in [-0.2, 0) is 19.2 Å². The Bertz CT molecular complexity index is 502. The van der Waals surface area contributed by atoms with Crippen LogP contribution >= 0.6 is 0 Å². The SMILES string of the molecule is CC(C)CC(NC(=O)C(CCC(=O)O)NC(=O)C1CCCN1)C(=O)O. The van der Waals surface area contributed by atoms with Crippen molar-refractivity contribution < 1.29 is 29.4 Å². The van der Waals surface area contributed by atoms with Crippen molar-refractivity contribution in [2.75, 3.05) is 6.54 Å². The molecule has 0 spiro atoms. The van der Waals surface area contributed by atoms with E-state index in [4.69, 9.17) is 5.11 Å².